The molecule has 23 heavy (non-hydrogen) atoms. The highest BCUT2D eigenvalue weighted by atomic mass is 19.4. The van der Waals surface area contributed by atoms with E-state index in [4.69, 9.17) is 4.74 Å². The van der Waals surface area contributed by atoms with Gasteiger partial charge in [0.25, 0.3) is 0 Å². The molecule has 0 bridgehead atoms. The number of hydrogen-bond acceptors (Lipinski definition) is 3. The van der Waals surface area contributed by atoms with Crippen LogP contribution in [0.4, 0.5) is 13.2 Å². The van der Waals surface area contributed by atoms with Gasteiger partial charge in [-0.3, -0.25) is 0 Å². The van der Waals surface area contributed by atoms with Gasteiger partial charge in [0, 0.05) is 24.3 Å². The lowest BCUT2D eigenvalue weighted by atomic mass is 10.3. The number of hydrogen-bond donors (Lipinski definition) is 2. The predicted octanol–water partition coefficient (Wildman–Crippen LogP) is 2.49. The van der Waals surface area contributed by atoms with Crippen molar-refractivity contribution in [3.05, 3.63) is 23.9 Å². The normalized spacial score (nSPS) is 21.0. The Hall–Kier alpha value is -1.99. The van der Waals surface area contributed by atoms with Gasteiger partial charge >= 0.3 is 6.18 Å². The summed E-state index contributed by atoms with van der Waals surface area (Å²) in [6.45, 7) is 3.63. The summed E-state index contributed by atoms with van der Waals surface area (Å²) >= 11 is 0. The smallest absolute Gasteiger partial charge is 0.422 e. The molecule has 5 nitrogen and oxygen atoms in total. The van der Waals surface area contributed by atoms with Crippen molar-refractivity contribution in [3.8, 4) is 5.88 Å². The second kappa shape index (κ2) is 7.52. The molecule has 2 atom stereocenters. The van der Waals surface area contributed by atoms with Crippen molar-refractivity contribution in [2.75, 3.05) is 13.2 Å². The Bertz CT molecular complexity index is 548. The largest absolute Gasteiger partial charge is 0.468 e. The molecule has 0 spiro atoms. The number of nitrogens with one attached hydrogen (secondary N) is 2. The van der Waals surface area contributed by atoms with Gasteiger partial charge in [0.2, 0.25) is 5.88 Å². The molecule has 1 aromatic heterocycles. The molecular formula is C15H21F3N4O. The standard InChI is InChI=1S/C15H21F3N4O/c1-3-19-14(22-12-7-10(12)2)21-8-11-5-4-6-20-13(11)23-9-15(16,17)18/h4-6,10,12H,3,7-9H2,1-2H3,(H2,19,21,22). The molecule has 1 fully saturated rings. The van der Waals surface area contributed by atoms with E-state index in [1.165, 1.54) is 6.20 Å². The number of nitrogens with zero attached hydrogens (tertiary/aromatic N) is 2. The van der Waals surface area contributed by atoms with E-state index in [0.29, 0.717) is 30.0 Å². The minimum absolute atomic E-state index is 0.0378. The third kappa shape index (κ3) is 5.96. The maximum atomic E-state index is 12.3. The molecule has 0 aliphatic heterocycles. The van der Waals surface area contributed by atoms with Crippen molar-refractivity contribution in [1.82, 2.24) is 15.6 Å². The highest BCUT2D eigenvalue weighted by Gasteiger charge is 2.33. The highest BCUT2D eigenvalue weighted by molar-refractivity contribution is 5.80. The lowest BCUT2D eigenvalue weighted by Crippen LogP contribution is -2.39. The molecule has 1 saturated carbocycles. The summed E-state index contributed by atoms with van der Waals surface area (Å²) in [5.74, 6) is 1.22. The summed E-state index contributed by atoms with van der Waals surface area (Å²) in [5.41, 5.74) is 0.512. The fourth-order valence-electron chi connectivity index (χ4n) is 2.01. The van der Waals surface area contributed by atoms with E-state index in [0.717, 1.165) is 6.42 Å². The predicted molar refractivity (Wildman–Crippen MR) is 81.3 cm³/mol. The Kier molecular flexibility index (Phi) is 5.68. The van der Waals surface area contributed by atoms with Crippen molar-refractivity contribution in [1.29, 1.82) is 0 Å². The Balaban J connectivity index is 2.01. The molecule has 0 aromatic carbocycles. The number of guanidine groups is 1. The Morgan fingerprint density at radius 2 is 2.22 bits per heavy atom. The van der Waals surface area contributed by atoms with Crippen molar-refractivity contribution >= 4 is 5.96 Å². The summed E-state index contributed by atoms with van der Waals surface area (Å²) in [7, 11) is 0. The van der Waals surface area contributed by atoms with Crippen LogP contribution in [0.5, 0.6) is 5.88 Å². The molecule has 8 heteroatoms. The molecule has 0 saturated heterocycles. The van der Waals surface area contributed by atoms with E-state index in [9.17, 15) is 13.2 Å². The van der Waals surface area contributed by atoms with Gasteiger partial charge in [0.1, 0.15) is 0 Å². The van der Waals surface area contributed by atoms with E-state index in [1.54, 1.807) is 12.1 Å². The summed E-state index contributed by atoms with van der Waals surface area (Å²) in [6.07, 6.45) is -1.90. The molecule has 1 heterocycles. The molecule has 1 aliphatic rings. The van der Waals surface area contributed by atoms with Crippen molar-refractivity contribution in [2.45, 2.75) is 39.0 Å². The van der Waals surface area contributed by atoms with Crippen molar-refractivity contribution in [2.24, 2.45) is 10.9 Å². The fourth-order valence-corrected chi connectivity index (χ4v) is 2.01. The zero-order valence-corrected chi connectivity index (χ0v) is 13.2. The molecule has 0 amide bonds. The van der Waals surface area contributed by atoms with Gasteiger partial charge in [-0.25, -0.2) is 9.98 Å². The van der Waals surface area contributed by atoms with Crippen LogP contribution in [0.25, 0.3) is 0 Å². The summed E-state index contributed by atoms with van der Waals surface area (Å²) in [6, 6.07) is 3.71. The molecule has 2 unspecified atom stereocenters. The number of alkyl halides is 3. The van der Waals surface area contributed by atoms with Crippen LogP contribution in [0.2, 0.25) is 0 Å². The van der Waals surface area contributed by atoms with Crippen LogP contribution in [0, 0.1) is 5.92 Å². The van der Waals surface area contributed by atoms with E-state index in [1.807, 2.05) is 6.92 Å². The first-order chi connectivity index (χ1) is 10.9. The molecule has 0 radical (unpaired) electrons. The first kappa shape index (κ1) is 17.4. The first-order valence-electron chi connectivity index (χ1n) is 7.57. The van der Waals surface area contributed by atoms with Crippen LogP contribution < -0.4 is 15.4 Å². The van der Waals surface area contributed by atoms with Gasteiger partial charge in [-0.1, -0.05) is 13.0 Å². The van der Waals surface area contributed by atoms with E-state index >= 15 is 0 Å². The zero-order chi connectivity index (χ0) is 16.9. The SMILES string of the molecule is CCNC(=NCc1cccnc1OCC(F)(F)F)NC1CC1C. The molecule has 2 rings (SSSR count). The van der Waals surface area contributed by atoms with Crippen molar-refractivity contribution in [3.63, 3.8) is 0 Å². The monoisotopic (exact) mass is 330 g/mol. The zero-order valence-electron chi connectivity index (χ0n) is 13.2. The maximum absolute atomic E-state index is 12.3. The number of pyridine rings is 1. The molecular weight excluding hydrogens is 309 g/mol. The van der Waals surface area contributed by atoms with Crippen LogP contribution >= 0.6 is 0 Å². The summed E-state index contributed by atoms with van der Waals surface area (Å²) in [5, 5.41) is 6.40. The number of ether oxygens (including phenoxy) is 1. The second-order valence-corrected chi connectivity index (χ2v) is 5.53. The van der Waals surface area contributed by atoms with E-state index < -0.39 is 12.8 Å². The Labute approximate surface area is 133 Å². The minimum Gasteiger partial charge on any atom is -0.468 e. The number of aliphatic imine (C=N–C) groups is 1. The molecule has 2 N–H and O–H groups in total. The van der Waals surface area contributed by atoms with Gasteiger partial charge in [0.05, 0.1) is 6.54 Å². The third-order valence-corrected chi connectivity index (χ3v) is 3.41. The van der Waals surface area contributed by atoms with Crippen LogP contribution in [0.3, 0.4) is 0 Å². The highest BCUT2D eigenvalue weighted by Crippen LogP contribution is 2.28. The number of halogens is 3. The molecule has 1 aromatic rings. The Morgan fingerprint density at radius 1 is 1.48 bits per heavy atom. The average Bonchev–Trinajstić information content (AvgIpc) is 3.18. The van der Waals surface area contributed by atoms with E-state index in [-0.39, 0.29) is 12.4 Å². The third-order valence-electron chi connectivity index (χ3n) is 3.41. The van der Waals surface area contributed by atoms with Gasteiger partial charge in [-0.15, -0.1) is 0 Å². The van der Waals surface area contributed by atoms with Gasteiger partial charge < -0.3 is 15.4 Å². The van der Waals surface area contributed by atoms with Gasteiger partial charge in [0.15, 0.2) is 12.6 Å². The quantitative estimate of drug-likeness (QED) is 0.621. The molecule has 128 valence electrons. The minimum atomic E-state index is -4.39. The average molecular weight is 330 g/mol. The fraction of sp³-hybridized carbons (Fsp3) is 0.600. The van der Waals surface area contributed by atoms with Crippen LogP contribution in [0.15, 0.2) is 23.3 Å². The molecule has 1 aliphatic carbocycles. The second-order valence-electron chi connectivity index (χ2n) is 5.53. The number of rotatable bonds is 6. The van der Waals surface area contributed by atoms with Crippen molar-refractivity contribution < 1.29 is 17.9 Å². The topological polar surface area (TPSA) is 58.5 Å². The van der Waals surface area contributed by atoms with Crippen LogP contribution in [0.1, 0.15) is 25.8 Å². The lowest BCUT2D eigenvalue weighted by Gasteiger charge is -2.13. The van der Waals surface area contributed by atoms with E-state index in [2.05, 4.69) is 27.5 Å². The maximum Gasteiger partial charge on any atom is 0.422 e. The first-order valence-corrected chi connectivity index (χ1v) is 7.57. The van der Waals surface area contributed by atoms with Crippen LogP contribution in [-0.2, 0) is 6.54 Å². The van der Waals surface area contributed by atoms with Gasteiger partial charge in [-0.05, 0) is 25.3 Å². The van der Waals surface area contributed by atoms with Crippen LogP contribution in [-0.4, -0.2) is 36.3 Å². The summed E-state index contributed by atoms with van der Waals surface area (Å²) in [4.78, 5) is 8.26. The summed E-state index contributed by atoms with van der Waals surface area (Å²) < 4.78 is 41.6. The number of aromatic nitrogens is 1. The lowest BCUT2D eigenvalue weighted by molar-refractivity contribution is -0.154. The Morgan fingerprint density at radius 3 is 2.83 bits per heavy atom. The van der Waals surface area contributed by atoms with Gasteiger partial charge in [-0.2, -0.15) is 13.2 Å².